The van der Waals surface area contributed by atoms with Gasteiger partial charge in [0, 0.05) is 27.7 Å². The molecule has 0 N–H and O–H groups in total. The highest BCUT2D eigenvalue weighted by Crippen LogP contribution is 2.26. The van der Waals surface area contributed by atoms with Gasteiger partial charge in [0.25, 0.3) is 0 Å². The summed E-state index contributed by atoms with van der Waals surface area (Å²) in [5.41, 5.74) is 4.95. The van der Waals surface area contributed by atoms with Gasteiger partial charge in [-0.15, -0.1) is 11.3 Å². The molecule has 3 aromatic rings. The highest BCUT2D eigenvalue weighted by molar-refractivity contribution is 7.14. The average Bonchev–Trinajstić information content (AvgIpc) is 3.06. The molecule has 3 aromatic heterocycles. The topological polar surface area (TPSA) is 17.8 Å². The molecular formula is C14H14N2S2. The van der Waals surface area contributed by atoms with Gasteiger partial charge in [-0.2, -0.15) is 11.3 Å². The molecule has 0 aliphatic heterocycles. The van der Waals surface area contributed by atoms with E-state index < -0.39 is 0 Å². The Balaban J connectivity index is 1.87. The van der Waals surface area contributed by atoms with E-state index in [-0.39, 0.29) is 0 Å². The van der Waals surface area contributed by atoms with E-state index >= 15 is 0 Å². The van der Waals surface area contributed by atoms with Crippen molar-refractivity contribution in [3.05, 3.63) is 51.4 Å². The first-order chi connectivity index (χ1) is 8.74. The molecule has 0 saturated carbocycles. The summed E-state index contributed by atoms with van der Waals surface area (Å²) < 4.78 is 2.30. The van der Waals surface area contributed by atoms with Crippen molar-refractivity contribution in [1.29, 1.82) is 0 Å². The Morgan fingerprint density at radius 1 is 1.11 bits per heavy atom. The predicted molar refractivity (Wildman–Crippen MR) is 78.4 cm³/mol. The normalized spacial score (nSPS) is 11.0. The van der Waals surface area contributed by atoms with Gasteiger partial charge in [0.05, 0.1) is 12.2 Å². The molecule has 3 heterocycles. The summed E-state index contributed by atoms with van der Waals surface area (Å²) in [6, 6.07) is 6.43. The molecular weight excluding hydrogens is 260 g/mol. The van der Waals surface area contributed by atoms with Gasteiger partial charge >= 0.3 is 0 Å². The second kappa shape index (κ2) is 4.71. The van der Waals surface area contributed by atoms with Crippen LogP contribution in [0.5, 0.6) is 0 Å². The highest BCUT2D eigenvalue weighted by Gasteiger charge is 2.07. The molecule has 0 spiro atoms. The zero-order valence-electron chi connectivity index (χ0n) is 10.4. The summed E-state index contributed by atoms with van der Waals surface area (Å²) in [6.07, 6.45) is 0. The van der Waals surface area contributed by atoms with Gasteiger partial charge in [-0.1, -0.05) is 0 Å². The Morgan fingerprint density at radius 3 is 2.56 bits per heavy atom. The molecule has 18 heavy (non-hydrogen) atoms. The third-order valence-electron chi connectivity index (χ3n) is 3.06. The first kappa shape index (κ1) is 11.7. The second-order valence-corrected chi connectivity index (χ2v) is 6.00. The quantitative estimate of drug-likeness (QED) is 0.694. The minimum absolute atomic E-state index is 0.866. The average molecular weight is 274 g/mol. The van der Waals surface area contributed by atoms with Gasteiger partial charge in [0.15, 0.2) is 0 Å². The number of hydrogen-bond donors (Lipinski definition) is 0. The molecule has 3 rings (SSSR count). The monoisotopic (exact) mass is 274 g/mol. The van der Waals surface area contributed by atoms with Crippen LogP contribution in [0.3, 0.4) is 0 Å². The summed E-state index contributed by atoms with van der Waals surface area (Å²) >= 11 is 3.44. The van der Waals surface area contributed by atoms with Gasteiger partial charge < -0.3 is 4.57 Å². The number of rotatable bonds is 3. The van der Waals surface area contributed by atoms with Crippen LogP contribution in [-0.4, -0.2) is 9.55 Å². The first-order valence-corrected chi connectivity index (χ1v) is 7.66. The van der Waals surface area contributed by atoms with Crippen LogP contribution < -0.4 is 0 Å². The summed E-state index contributed by atoms with van der Waals surface area (Å²) in [4.78, 5) is 4.71. The van der Waals surface area contributed by atoms with Crippen LogP contribution >= 0.6 is 22.7 Å². The summed E-state index contributed by atoms with van der Waals surface area (Å²) in [5, 5.41) is 7.52. The molecule has 4 heteroatoms. The van der Waals surface area contributed by atoms with Crippen molar-refractivity contribution in [2.24, 2.45) is 0 Å². The van der Waals surface area contributed by atoms with E-state index in [2.05, 4.69) is 52.8 Å². The van der Waals surface area contributed by atoms with E-state index in [0.29, 0.717) is 0 Å². The lowest BCUT2D eigenvalue weighted by atomic mass is 10.3. The van der Waals surface area contributed by atoms with Crippen molar-refractivity contribution < 1.29 is 0 Å². The van der Waals surface area contributed by atoms with Crippen molar-refractivity contribution in [1.82, 2.24) is 9.55 Å². The van der Waals surface area contributed by atoms with Crippen molar-refractivity contribution in [3.63, 3.8) is 0 Å². The van der Waals surface area contributed by atoms with E-state index in [1.165, 1.54) is 17.0 Å². The number of nitrogens with zero attached hydrogens (tertiary/aromatic N) is 2. The zero-order valence-corrected chi connectivity index (χ0v) is 12.0. The summed E-state index contributed by atoms with van der Waals surface area (Å²) in [5.74, 6) is 0. The summed E-state index contributed by atoms with van der Waals surface area (Å²) in [6.45, 7) is 5.14. The van der Waals surface area contributed by atoms with Crippen LogP contribution in [0, 0.1) is 13.8 Å². The standard InChI is InChI=1S/C14H14N2S2/c1-10-3-4-11(2)16(10)7-13-9-18-14(15-13)12-5-6-17-8-12/h3-6,8-9H,7H2,1-2H3. The largest absolute Gasteiger partial charge is 0.343 e. The summed E-state index contributed by atoms with van der Waals surface area (Å²) in [7, 11) is 0. The fourth-order valence-corrected chi connectivity index (χ4v) is 3.53. The highest BCUT2D eigenvalue weighted by atomic mass is 32.1. The molecule has 0 amide bonds. The smallest absolute Gasteiger partial charge is 0.124 e. The lowest BCUT2D eigenvalue weighted by Gasteiger charge is -2.06. The van der Waals surface area contributed by atoms with Crippen LogP contribution in [0.2, 0.25) is 0 Å². The lowest BCUT2D eigenvalue weighted by molar-refractivity contribution is 0.735. The third-order valence-corrected chi connectivity index (χ3v) is 4.68. The van der Waals surface area contributed by atoms with E-state index in [1.54, 1.807) is 22.7 Å². The van der Waals surface area contributed by atoms with E-state index in [1.807, 2.05) is 0 Å². The second-order valence-electron chi connectivity index (χ2n) is 4.36. The SMILES string of the molecule is Cc1ccc(C)n1Cc1csc(-c2ccsc2)n1. The van der Waals surface area contributed by atoms with Gasteiger partial charge in [0.2, 0.25) is 0 Å². The maximum atomic E-state index is 4.71. The molecule has 0 bridgehead atoms. The Labute approximate surface area is 115 Å². The Bertz CT molecular complexity index is 628. The van der Waals surface area contributed by atoms with E-state index in [4.69, 9.17) is 4.98 Å². The molecule has 0 radical (unpaired) electrons. The Hall–Kier alpha value is -1.39. The molecule has 0 unspecified atom stereocenters. The lowest BCUT2D eigenvalue weighted by Crippen LogP contribution is -2.03. The van der Waals surface area contributed by atoms with E-state index in [0.717, 1.165) is 17.2 Å². The molecule has 0 aromatic carbocycles. The van der Waals surface area contributed by atoms with Crippen molar-refractivity contribution in [2.45, 2.75) is 20.4 Å². The van der Waals surface area contributed by atoms with Gasteiger partial charge in [0.1, 0.15) is 5.01 Å². The van der Waals surface area contributed by atoms with Crippen LogP contribution in [0.4, 0.5) is 0 Å². The first-order valence-electron chi connectivity index (χ1n) is 5.84. The number of hydrogen-bond acceptors (Lipinski definition) is 3. The number of aromatic nitrogens is 2. The van der Waals surface area contributed by atoms with Crippen LogP contribution in [0.15, 0.2) is 34.3 Å². The fraction of sp³-hybridized carbons (Fsp3) is 0.214. The Morgan fingerprint density at radius 2 is 1.89 bits per heavy atom. The Kier molecular flexibility index (Phi) is 3.06. The van der Waals surface area contributed by atoms with Crippen LogP contribution in [0.25, 0.3) is 10.6 Å². The molecule has 0 aliphatic rings. The van der Waals surface area contributed by atoms with Crippen molar-refractivity contribution in [2.75, 3.05) is 0 Å². The number of aryl methyl sites for hydroxylation is 2. The van der Waals surface area contributed by atoms with Crippen LogP contribution in [-0.2, 0) is 6.54 Å². The van der Waals surface area contributed by atoms with Gasteiger partial charge in [-0.05, 0) is 37.4 Å². The molecule has 0 saturated heterocycles. The van der Waals surface area contributed by atoms with E-state index in [9.17, 15) is 0 Å². The number of thiazole rings is 1. The minimum atomic E-state index is 0.866. The zero-order chi connectivity index (χ0) is 12.5. The molecule has 0 aliphatic carbocycles. The maximum absolute atomic E-state index is 4.71. The van der Waals surface area contributed by atoms with Gasteiger partial charge in [-0.3, -0.25) is 0 Å². The molecule has 0 atom stereocenters. The predicted octanol–water partition coefficient (Wildman–Crippen LogP) is 4.34. The third kappa shape index (κ3) is 2.13. The van der Waals surface area contributed by atoms with Gasteiger partial charge in [-0.25, -0.2) is 4.98 Å². The van der Waals surface area contributed by atoms with Crippen LogP contribution in [0.1, 0.15) is 17.1 Å². The van der Waals surface area contributed by atoms with Crippen molar-refractivity contribution >= 4 is 22.7 Å². The molecule has 2 nitrogen and oxygen atoms in total. The number of thiophene rings is 1. The maximum Gasteiger partial charge on any atom is 0.124 e. The fourth-order valence-electron chi connectivity index (χ4n) is 2.01. The van der Waals surface area contributed by atoms with Crippen molar-refractivity contribution in [3.8, 4) is 10.6 Å². The molecule has 0 fully saturated rings. The minimum Gasteiger partial charge on any atom is -0.343 e. The molecule has 92 valence electrons.